The molecule has 1 aromatic heterocycles. The molecule has 0 unspecified atom stereocenters. The molecule has 2 heterocycles. The summed E-state index contributed by atoms with van der Waals surface area (Å²) in [6, 6.07) is 13.3. The van der Waals surface area contributed by atoms with Crippen LogP contribution in [0, 0.1) is 5.92 Å². The van der Waals surface area contributed by atoms with E-state index in [0.717, 1.165) is 11.3 Å². The largest absolute Gasteiger partial charge is 0.497 e. The predicted octanol–water partition coefficient (Wildman–Crippen LogP) is 3.46. The molecule has 1 saturated heterocycles. The highest BCUT2D eigenvalue weighted by Crippen LogP contribution is 2.26. The standard InChI is InChI=1S/C23H25ClN4O5S/c1-27(15-21-25-22(26-33-21)16-5-9-19(32-2)10-6-16)23(29)17-4-3-13-28(14-17)34(30,31)20-11-7-18(24)8-12-20/h5-12,17H,3-4,13-15H2,1-2H3/t17-/m0/s1. The van der Waals surface area contributed by atoms with Crippen LogP contribution in [0.15, 0.2) is 57.9 Å². The number of sulfonamides is 1. The number of hydrogen-bond donors (Lipinski definition) is 0. The van der Waals surface area contributed by atoms with Gasteiger partial charge in [-0.1, -0.05) is 16.8 Å². The molecule has 0 saturated carbocycles. The van der Waals surface area contributed by atoms with Crippen molar-refractivity contribution in [1.29, 1.82) is 0 Å². The fourth-order valence-corrected chi connectivity index (χ4v) is 5.54. The highest BCUT2D eigenvalue weighted by Gasteiger charge is 2.34. The number of nitrogens with zero attached hydrogens (tertiary/aromatic N) is 4. The van der Waals surface area contributed by atoms with E-state index in [2.05, 4.69) is 10.1 Å². The van der Waals surface area contributed by atoms with Gasteiger partial charge >= 0.3 is 0 Å². The van der Waals surface area contributed by atoms with Crippen LogP contribution in [0.5, 0.6) is 5.75 Å². The Morgan fingerprint density at radius 3 is 2.59 bits per heavy atom. The molecular formula is C23H25ClN4O5S. The number of benzene rings is 2. The normalized spacial score (nSPS) is 16.9. The minimum absolute atomic E-state index is 0.120. The second-order valence-electron chi connectivity index (χ2n) is 8.09. The molecule has 180 valence electrons. The van der Waals surface area contributed by atoms with Crippen molar-refractivity contribution in [3.8, 4) is 17.1 Å². The quantitative estimate of drug-likeness (QED) is 0.485. The number of amides is 1. The lowest BCUT2D eigenvalue weighted by molar-refractivity contribution is -0.136. The maximum atomic E-state index is 13.1. The molecule has 1 fully saturated rings. The first-order chi connectivity index (χ1) is 16.3. The van der Waals surface area contributed by atoms with Crippen molar-refractivity contribution in [3.63, 3.8) is 0 Å². The Balaban J connectivity index is 1.40. The lowest BCUT2D eigenvalue weighted by Crippen LogP contribution is -2.45. The SMILES string of the molecule is COc1ccc(-c2noc(CN(C)C(=O)[C@H]3CCCN(S(=O)(=O)c4ccc(Cl)cc4)C3)n2)cc1. The van der Waals surface area contributed by atoms with E-state index in [9.17, 15) is 13.2 Å². The van der Waals surface area contributed by atoms with Crippen LogP contribution in [-0.4, -0.2) is 60.9 Å². The number of aromatic nitrogens is 2. The van der Waals surface area contributed by atoms with E-state index < -0.39 is 15.9 Å². The number of piperidine rings is 1. The lowest BCUT2D eigenvalue weighted by atomic mass is 9.98. The molecule has 11 heteroatoms. The summed E-state index contributed by atoms with van der Waals surface area (Å²) in [4.78, 5) is 19.1. The molecule has 1 amide bonds. The van der Waals surface area contributed by atoms with Gasteiger partial charge in [-0.25, -0.2) is 8.42 Å². The summed E-state index contributed by atoms with van der Waals surface area (Å²) < 4.78 is 37.9. The average molecular weight is 505 g/mol. The molecule has 0 N–H and O–H groups in total. The summed E-state index contributed by atoms with van der Waals surface area (Å²) in [6.07, 6.45) is 1.20. The van der Waals surface area contributed by atoms with Crippen molar-refractivity contribution >= 4 is 27.5 Å². The Morgan fingerprint density at radius 1 is 1.21 bits per heavy atom. The zero-order chi connectivity index (χ0) is 24.3. The average Bonchev–Trinajstić information content (AvgIpc) is 3.32. The molecule has 0 bridgehead atoms. The van der Waals surface area contributed by atoms with Crippen LogP contribution in [0.4, 0.5) is 0 Å². The van der Waals surface area contributed by atoms with Crippen LogP contribution < -0.4 is 4.74 Å². The smallest absolute Gasteiger partial charge is 0.246 e. The Labute approximate surface area is 203 Å². The topological polar surface area (TPSA) is 106 Å². The van der Waals surface area contributed by atoms with Crippen molar-refractivity contribution in [2.24, 2.45) is 5.92 Å². The van der Waals surface area contributed by atoms with Crippen molar-refractivity contribution in [2.45, 2.75) is 24.3 Å². The highest BCUT2D eigenvalue weighted by atomic mass is 35.5. The molecule has 1 aliphatic rings. The molecule has 34 heavy (non-hydrogen) atoms. The number of ether oxygens (including phenoxy) is 1. The number of halogens is 1. The number of carbonyl (C=O) groups is 1. The van der Waals surface area contributed by atoms with Gasteiger partial charge in [0, 0.05) is 30.7 Å². The first-order valence-electron chi connectivity index (χ1n) is 10.8. The van der Waals surface area contributed by atoms with E-state index in [-0.39, 0.29) is 23.9 Å². The Hall–Kier alpha value is -2.95. The summed E-state index contributed by atoms with van der Waals surface area (Å²) in [7, 11) is -0.473. The molecule has 2 aromatic carbocycles. The molecular weight excluding hydrogens is 480 g/mol. The van der Waals surface area contributed by atoms with Gasteiger partial charge in [-0.15, -0.1) is 0 Å². The van der Waals surface area contributed by atoms with E-state index in [1.165, 1.54) is 21.3 Å². The first kappa shape index (κ1) is 24.2. The maximum Gasteiger partial charge on any atom is 0.246 e. The number of carbonyl (C=O) groups excluding carboxylic acids is 1. The Morgan fingerprint density at radius 2 is 1.91 bits per heavy atom. The van der Waals surface area contributed by atoms with Gasteiger partial charge < -0.3 is 14.2 Å². The van der Waals surface area contributed by atoms with Crippen LogP contribution >= 0.6 is 11.6 Å². The van der Waals surface area contributed by atoms with E-state index >= 15 is 0 Å². The van der Waals surface area contributed by atoms with Crippen LogP contribution in [0.2, 0.25) is 5.02 Å². The van der Waals surface area contributed by atoms with Gasteiger partial charge in [-0.2, -0.15) is 9.29 Å². The fraction of sp³-hybridized carbons (Fsp3) is 0.348. The van der Waals surface area contributed by atoms with Crippen LogP contribution in [0.1, 0.15) is 18.7 Å². The summed E-state index contributed by atoms with van der Waals surface area (Å²) in [6.45, 7) is 0.616. The number of methoxy groups -OCH3 is 1. The molecule has 0 aliphatic carbocycles. The Kier molecular flexibility index (Phi) is 7.20. The number of rotatable bonds is 7. The monoisotopic (exact) mass is 504 g/mol. The molecule has 0 radical (unpaired) electrons. The van der Waals surface area contributed by atoms with Gasteiger partial charge in [-0.05, 0) is 61.4 Å². The molecule has 4 rings (SSSR count). The van der Waals surface area contributed by atoms with Gasteiger partial charge in [0.05, 0.1) is 24.5 Å². The summed E-state index contributed by atoms with van der Waals surface area (Å²) in [5.41, 5.74) is 0.764. The van der Waals surface area contributed by atoms with Gasteiger partial charge in [-0.3, -0.25) is 4.79 Å². The van der Waals surface area contributed by atoms with Crippen LogP contribution in [0.3, 0.4) is 0 Å². The van der Waals surface area contributed by atoms with E-state index in [1.807, 2.05) is 12.1 Å². The van der Waals surface area contributed by atoms with Gasteiger partial charge in [0.15, 0.2) is 0 Å². The molecule has 1 atom stereocenters. The van der Waals surface area contributed by atoms with E-state index in [1.54, 1.807) is 38.4 Å². The van der Waals surface area contributed by atoms with Crippen LogP contribution in [0.25, 0.3) is 11.4 Å². The first-order valence-corrected chi connectivity index (χ1v) is 12.6. The van der Waals surface area contributed by atoms with E-state index in [4.69, 9.17) is 20.9 Å². The fourth-order valence-electron chi connectivity index (χ4n) is 3.89. The minimum Gasteiger partial charge on any atom is -0.497 e. The lowest BCUT2D eigenvalue weighted by Gasteiger charge is -2.33. The third-order valence-corrected chi connectivity index (χ3v) is 7.88. The van der Waals surface area contributed by atoms with Crippen molar-refractivity contribution < 1.29 is 22.5 Å². The molecule has 0 spiro atoms. The van der Waals surface area contributed by atoms with Crippen molar-refractivity contribution in [2.75, 3.05) is 27.2 Å². The summed E-state index contributed by atoms with van der Waals surface area (Å²) in [5, 5.41) is 4.45. The second kappa shape index (κ2) is 10.1. The van der Waals surface area contributed by atoms with Crippen molar-refractivity contribution in [3.05, 3.63) is 59.4 Å². The molecule has 1 aliphatic heterocycles. The minimum atomic E-state index is -3.71. The third-order valence-electron chi connectivity index (χ3n) is 5.75. The summed E-state index contributed by atoms with van der Waals surface area (Å²) in [5.74, 6) is 0.807. The molecule has 3 aromatic rings. The maximum absolute atomic E-state index is 13.1. The molecule has 9 nitrogen and oxygen atoms in total. The Bertz CT molecular complexity index is 1250. The van der Waals surface area contributed by atoms with Gasteiger partial charge in [0.2, 0.25) is 27.6 Å². The summed E-state index contributed by atoms with van der Waals surface area (Å²) >= 11 is 5.88. The predicted molar refractivity (Wildman–Crippen MR) is 126 cm³/mol. The van der Waals surface area contributed by atoms with Gasteiger partial charge in [0.25, 0.3) is 0 Å². The number of hydrogen-bond acceptors (Lipinski definition) is 7. The van der Waals surface area contributed by atoms with E-state index in [0.29, 0.717) is 36.1 Å². The van der Waals surface area contributed by atoms with Gasteiger partial charge in [0.1, 0.15) is 5.75 Å². The second-order valence-corrected chi connectivity index (χ2v) is 10.5. The zero-order valence-corrected chi connectivity index (χ0v) is 20.4. The third kappa shape index (κ3) is 5.24. The van der Waals surface area contributed by atoms with Crippen molar-refractivity contribution in [1.82, 2.24) is 19.3 Å². The zero-order valence-electron chi connectivity index (χ0n) is 18.8. The van der Waals surface area contributed by atoms with Crippen LogP contribution in [-0.2, 0) is 21.4 Å². The highest BCUT2D eigenvalue weighted by molar-refractivity contribution is 7.89.